The molecule has 0 atom stereocenters. The van der Waals surface area contributed by atoms with Crippen molar-refractivity contribution >= 4 is 35.0 Å². The van der Waals surface area contributed by atoms with Crippen molar-refractivity contribution in [3.05, 3.63) is 57.3 Å². The Morgan fingerprint density at radius 3 is 2.65 bits per heavy atom. The minimum Gasteiger partial charge on any atom is -0.452 e. The van der Waals surface area contributed by atoms with Gasteiger partial charge in [-0.05, 0) is 49.4 Å². The van der Waals surface area contributed by atoms with Crippen LogP contribution < -0.4 is 5.32 Å². The number of amides is 1. The first-order valence-electron chi connectivity index (χ1n) is 7.55. The summed E-state index contributed by atoms with van der Waals surface area (Å²) < 4.78 is 4.98. The van der Waals surface area contributed by atoms with Crippen LogP contribution in [-0.4, -0.2) is 34.6 Å². The highest BCUT2D eigenvalue weighted by atomic mass is 32.2. The second kappa shape index (κ2) is 8.43. The molecular formula is C17H17N3O5S. The van der Waals surface area contributed by atoms with Crippen molar-refractivity contribution < 1.29 is 19.2 Å². The van der Waals surface area contributed by atoms with Gasteiger partial charge in [0.2, 0.25) is 0 Å². The van der Waals surface area contributed by atoms with Crippen LogP contribution in [0.4, 0.5) is 11.4 Å². The van der Waals surface area contributed by atoms with E-state index >= 15 is 0 Å². The zero-order valence-electron chi connectivity index (χ0n) is 14.4. The van der Waals surface area contributed by atoms with Crippen LogP contribution in [0.2, 0.25) is 0 Å². The predicted molar refractivity (Wildman–Crippen MR) is 97.5 cm³/mol. The van der Waals surface area contributed by atoms with Crippen molar-refractivity contribution in [3.63, 3.8) is 0 Å². The van der Waals surface area contributed by atoms with Crippen molar-refractivity contribution in [1.29, 1.82) is 0 Å². The Hall–Kier alpha value is -2.94. The van der Waals surface area contributed by atoms with E-state index in [1.807, 2.05) is 0 Å². The molecule has 0 saturated heterocycles. The van der Waals surface area contributed by atoms with Crippen LogP contribution in [0.25, 0.3) is 0 Å². The summed E-state index contributed by atoms with van der Waals surface area (Å²) >= 11 is 1.28. The highest BCUT2D eigenvalue weighted by Crippen LogP contribution is 2.27. The molecule has 26 heavy (non-hydrogen) atoms. The number of thioether (sulfide) groups is 1. The Balaban J connectivity index is 2.07. The monoisotopic (exact) mass is 375 g/mol. The number of anilines is 1. The van der Waals surface area contributed by atoms with E-state index < -0.39 is 23.4 Å². The molecule has 0 aliphatic heterocycles. The van der Waals surface area contributed by atoms with E-state index in [4.69, 9.17) is 4.74 Å². The molecular weight excluding hydrogens is 358 g/mol. The van der Waals surface area contributed by atoms with Gasteiger partial charge in [-0.3, -0.25) is 14.9 Å². The highest BCUT2D eigenvalue weighted by molar-refractivity contribution is 7.98. The fraction of sp³-hybridized carbons (Fsp3) is 0.235. The second-order valence-electron chi connectivity index (χ2n) is 5.40. The molecule has 1 heterocycles. The molecule has 9 heteroatoms. The lowest BCUT2D eigenvalue weighted by Crippen LogP contribution is -2.22. The molecule has 1 amide bonds. The number of aromatic nitrogens is 1. The number of hydrogen-bond acceptors (Lipinski definition) is 7. The number of carbonyl (C=O) groups is 2. The third-order valence-electron chi connectivity index (χ3n) is 3.60. The normalized spacial score (nSPS) is 10.3. The fourth-order valence-corrected chi connectivity index (χ4v) is 2.69. The van der Waals surface area contributed by atoms with E-state index in [0.29, 0.717) is 5.03 Å². The number of nitro groups is 1. The van der Waals surface area contributed by atoms with Crippen molar-refractivity contribution in [3.8, 4) is 0 Å². The maximum atomic E-state index is 12.1. The number of aryl methyl sites for hydroxylation is 2. The molecule has 2 aromatic rings. The summed E-state index contributed by atoms with van der Waals surface area (Å²) in [6.07, 6.45) is 3.32. The lowest BCUT2D eigenvalue weighted by atomic mass is 10.1. The zero-order chi connectivity index (χ0) is 19.3. The molecule has 0 spiro atoms. The number of pyridine rings is 1. The average molecular weight is 375 g/mol. The number of carbonyl (C=O) groups excluding carboxylic acids is 2. The van der Waals surface area contributed by atoms with Crippen LogP contribution in [-0.2, 0) is 9.53 Å². The maximum absolute atomic E-state index is 12.1. The number of nitrogens with zero attached hydrogens (tertiary/aromatic N) is 2. The molecule has 0 aliphatic carbocycles. The van der Waals surface area contributed by atoms with Gasteiger partial charge >= 0.3 is 5.97 Å². The van der Waals surface area contributed by atoms with Gasteiger partial charge in [0.15, 0.2) is 6.61 Å². The van der Waals surface area contributed by atoms with E-state index in [1.54, 1.807) is 38.4 Å². The number of nitrogens with one attached hydrogen (secondary N) is 1. The van der Waals surface area contributed by atoms with Gasteiger partial charge in [-0.2, -0.15) is 0 Å². The van der Waals surface area contributed by atoms with Gasteiger partial charge < -0.3 is 10.1 Å². The number of ether oxygens (including phenoxy) is 1. The smallest absolute Gasteiger partial charge is 0.341 e. The first-order valence-corrected chi connectivity index (χ1v) is 8.77. The minimum absolute atomic E-state index is 0.0605. The van der Waals surface area contributed by atoms with Crippen LogP contribution in [0, 0.1) is 24.0 Å². The lowest BCUT2D eigenvalue weighted by Gasteiger charge is -2.10. The molecule has 1 aromatic heterocycles. The number of benzene rings is 1. The van der Waals surface area contributed by atoms with Crippen molar-refractivity contribution in [2.75, 3.05) is 18.2 Å². The van der Waals surface area contributed by atoms with Gasteiger partial charge in [-0.25, -0.2) is 9.78 Å². The summed E-state index contributed by atoms with van der Waals surface area (Å²) in [4.78, 5) is 38.8. The van der Waals surface area contributed by atoms with Gasteiger partial charge in [-0.15, -0.1) is 11.8 Å². The first kappa shape index (κ1) is 19.4. The summed E-state index contributed by atoms with van der Waals surface area (Å²) in [6.45, 7) is 2.96. The second-order valence-corrected chi connectivity index (χ2v) is 6.19. The van der Waals surface area contributed by atoms with E-state index in [2.05, 4.69) is 10.3 Å². The van der Waals surface area contributed by atoms with Crippen LogP contribution in [0.5, 0.6) is 0 Å². The number of rotatable bonds is 6. The topological polar surface area (TPSA) is 111 Å². The van der Waals surface area contributed by atoms with Crippen LogP contribution in [0.1, 0.15) is 21.5 Å². The molecule has 8 nitrogen and oxygen atoms in total. The van der Waals surface area contributed by atoms with Gasteiger partial charge in [0.1, 0.15) is 10.7 Å². The quantitative estimate of drug-likeness (QED) is 0.357. The first-order chi connectivity index (χ1) is 12.3. The lowest BCUT2D eigenvalue weighted by molar-refractivity contribution is -0.384. The predicted octanol–water partition coefficient (Wildman–Crippen LogP) is 3.12. The molecule has 136 valence electrons. The molecule has 0 radical (unpaired) electrons. The van der Waals surface area contributed by atoms with E-state index in [0.717, 1.165) is 11.1 Å². The molecule has 0 saturated carbocycles. The van der Waals surface area contributed by atoms with Crippen molar-refractivity contribution in [2.45, 2.75) is 18.9 Å². The number of esters is 1. The third kappa shape index (κ3) is 4.57. The van der Waals surface area contributed by atoms with Crippen LogP contribution >= 0.6 is 11.8 Å². The highest BCUT2D eigenvalue weighted by Gasteiger charge is 2.19. The van der Waals surface area contributed by atoms with Crippen molar-refractivity contribution in [2.24, 2.45) is 0 Å². The Bertz CT molecular complexity index is 869. The third-order valence-corrected chi connectivity index (χ3v) is 4.31. The number of hydrogen-bond donors (Lipinski definition) is 1. The summed E-state index contributed by atoms with van der Waals surface area (Å²) in [5.74, 6) is -1.36. The van der Waals surface area contributed by atoms with Crippen LogP contribution in [0.15, 0.2) is 35.5 Å². The van der Waals surface area contributed by atoms with E-state index in [1.165, 1.54) is 23.9 Å². The number of nitro benzene ring substituents is 1. The van der Waals surface area contributed by atoms with E-state index in [-0.39, 0.29) is 16.9 Å². The fourth-order valence-electron chi connectivity index (χ4n) is 2.16. The van der Waals surface area contributed by atoms with Gasteiger partial charge in [-0.1, -0.05) is 0 Å². The van der Waals surface area contributed by atoms with Crippen molar-refractivity contribution in [1.82, 2.24) is 4.98 Å². The Kier molecular flexibility index (Phi) is 6.29. The largest absolute Gasteiger partial charge is 0.452 e. The molecule has 0 fully saturated rings. The molecule has 1 aromatic carbocycles. The summed E-state index contributed by atoms with van der Waals surface area (Å²) in [5, 5.41) is 14.1. The molecule has 0 aliphatic rings. The summed E-state index contributed by atoms with van der Waals surface area (Å²) in [5.41, 5.74) is 1.63. The van der Waals surface area contributed by atoms with Gasteiger partial charge in [0.25, 0.3) is 11.6 Å². The Labute approximate surface area is 154 Å². The molecule has 2 rings (SSSR count). The zero-order valence-corrected chi connectivity index (χ0v) is 15.3. The Morgan fingerprint density at radius 1 is 1.31 bits per heavy atom. The van der Waals surface area contributed by atoms with Gasteiger partial charge in [0, 0.05) is 12.3 Å². The summed E-state index contributed by atoms with van der Waals surface area (Å²) in [7, 11) is 0. The average Bonchev–Trinajstić information content (AvgIpc) is 2.62. The summed E-state index contributed by atoms with van der Waals surface area (Å²) in [6, 6.07) is 6.04. The molecule has 1 N–H and O–H groups in total. The van der Waals surface area contributed by atoms with Crippen LogP contribution in [0.3, 0.4) is 0 Å². The van der Waals surface area contributed by atoms with E-state index in [9.17, 15) is 19.7 Å². The maximum Gasteiger partial charge on any atom is 0.341 e. The molecule has 0 bridgehead atoms. The Morgan fingerprint density at radius 2 is 2.00 bits per heavy atom. The molecule has 0 unspecified atom stereocenters. The SMILES string of the molecule is CSc1ncccc1C(=O)OCC(=O)Nc1cc(C)c(C)cc1[N+](=O)[O-]. The van der Waals surface area contributed by atoms with Gasteiger partial charge in [0.05, 0.1) is 10.5 Å². The standard InChI is InChI=1S/C17H17N3O5S/c1-10-7-13(14(20(23)24)8-11(10)2)19-15(21)9-25-17(22)12-5-4-6-18-16(12)26-3/h4-8H,9H2,1-3H3,(H,19,21). The minimum atomic E-state index is -0.688.